The Balaban J connectivity index is 1.76. The largest absolute Gasteiger partial charge is 0.503 e. The number of thioether (sulfide) groups is 1. The SMILES string of the molecule is CCOc1cc(C=C2SC(=Nc3ccc(CC)cc3)N(c3ccc(CC)cc3)C2=O)cc(Br)c1O. The third kappa shape index (κ3) is 5.63. The standard InChI is InChI=1S/C28H27BrN2O3S/c1-4-18-7-11-21(12-8-18)30-28-31(22-13-9-19(5-2)10-14-22)27(33)25(35-28)17-20-15-23(29)26(32)24(16-20)34-6-3/h7-17,32H,4-6H2,1-3H3. The second-order valence-electron chi connectivity index (χ2n) is 7.97. The first-order chi connectivity index (χ1) is 16.9. The maximum Gasteiger partial charge on any atom is 0.271 e. The van der Waals surface area contributed by atoms with Gasteiger partial charge >= 0.3 is 0 Å². The minimum atomic E-state index is -0.148. The molecule has 1 fully saturated rings. The van der Waals surface area contributed by atoms with Crippen LogP contribution >= 0.6 is 27.7 Å². The van der Waals surface area contributed by atoms with Crippen LogP contribution in [0.4, 0.5) is 11.4 Å². The molecule has 0 atom stereocenters. The van der Waals surface area contributed by atoms with Crippen LogP contribution in [0.2, 0.25) is 0 Å². The average Bonchev–Trinajstić information content (AvgIpc) is 3.17. The van der Waals surface area contributed by atoms with E-state index in [1.54, 1.807) is 23.1 Å². The van der Waals surface area contributed by atoms with Crippen LogP contribution in [-0.2, 0) is 17.6 Å². The van der Waals surface area contributed by atoms with E-state index in [9.17, 15) is 9.90 Å². The van der Waals surface area contributed by atoms with Gasteiger partial charge in [0.2, 0.25) is 0 Å². The molecule has 1 aliphatic heterocycles. The third-order valence-corrected chi connectivity index (χ3v) is 7.20. The molecular weight excluding hydrogens is 524 g/mol. The molecule has 35 heavy (non-hydrogen) atoms. The van der Waals surface area contributed by atoms with Crippen LogP contribution in [0, 0.1) is 0 Å². The summed E-state index contributed by atoms with van der Waals surface area (Å²) in [4.78, 5) is 20.6. The van der Waals surface area contributed by atoms with E-state index in [1.165, 1.54) is 22.9 Å². The quantitative estimate of drug-likeness (QED) is 0.309. The lowest BCUT2D eigenvalue weighted by molar-refractivity contribution is -0.113. The summed E-state index contributed by atoms with van der Waals surface area (Å²) in [5, 5.41) is 10.8. The normalized spacial score (nSPS) is 15.9. The highest BCUT2D eigenvalue weighted by Crippen LogP contribution is 2.40. The van der Waals surface area contributed by atoms with Crippen molar-refractivity contribution in [2.24, 2.45) is 4.99 Å². The van der Waals surface area contributed by atoms with E-state index in [1.807, 2.05) is 43.3 Å². The highest BCUT2D eigenvalue weighted by atomic mass is 79.9. The Morgan fingerprint density at radius 3 is 2.23 bits per heavy atom. The monoisotopic (exact) mass is 550 g/mol. The van der Waals surface area contributed by atoms with Gasteiger partial charge in [0.25, 0.3) is 5.91 Å². The lowest BCUT2D eigenvalue weighted by Crippen LogP contribution is -2.28. The Bertz CT molecular complexity index is 1280. The number of carbonyl (C=O) groups is 1. The lowest BCUT2D eigenvalue weighted by atomic mass is 10.1. The molecule has 0 aromatic heterocycles. The summed E-state index contributed by atoms with van der Waals surface area (Å²) in [5.74, 6) is 0.251. The number of halogens is 1. The number of ether oxygens (including phenoxy) is 1. The molecule has 0 spiro atoms. The summed E-state index contributed by atoms with van der Waals surface area (Å²) in [6, 6.07) is 19.5. The van der Waals surface area contributed by atoms with Gasteiger partial charge in [-0.25, -0.2) is 4.99 Å². The van der Waals surface area contributed by atoms with Gasteiger partial charge in [-0.3, -0.25) is 9.69 Å². The van der Waals surface area contributed by atoms with Crippen molar-refractivity contribution in [2.75, 3.05) is 11.5 Å². The Labute approximate surface area is 218 Å². The molecule has 1 amide bonds. The number of aromatic hydroxyl groups is 1. The molecule has 4 rings (SSSR count). The summed E-state index contributed by atoms with van der Waals surface area (Å²) in [6.07, 6.45) is 3.69. The van der Waals surface area contributed by atoms with Gasteiger partial charge in [-0.1, -0.05) is 38.1 Å². The molecule has 0 bridgehead atoms. The Kier molecular flexibility index (Phi) is 7.98. The van der Waals surface area contributed by atoms with Crippen molar-refractivity contribution in [2.45, 2.75) is 33.6 Å². The molecule has 0 saturated carbocycles. The van der Waals surface area contributed by atoms with Gasteiger partial charge < -0.3 is 9.84 Å². The van der Waals surface area contributed by atoms with Gasteiger partial charge in [0.05, 0.1) is 27.4 Å². The summed E-state index contributed by atoms with van der Waals surface area (Å²) < 4.78 is 6.05. The number of hydrogen-bond donors (Lipinski definition) is 1. The van der Waals surface area contributed by atoms with Crippen LogP contribution in [0.25, 0.3) is 6.08 Å². The fourth-order valence-electron chi connectivity index (χ4n) is 3.67. The van der Waals surface area contributed by atoms with Gasteiger partial charge in [-0.2, -0.15) is 0 Å². The Morgan fingerprint density at radius 2 is 1.63 bits per heavy atom. The molecule has 180 valence electrons. The van der Waals surface area contributed by atoms with Crippen molar-refractivity contribution in [1.29, 1.82) is 0 Å². The predicted molar refractivity (Wildman–Crippen MR) is 149 cm³/mol. The molecule has 1 aliphatic rings. The van der Waals surface area contributed by atoms with E-state index in [0.717, 1.165) is 29.8 Å². The van der Waals surface area contributed by atoms with Crippen LogP contribution in [0.1, 0.15) is 37.5 Å². The molecule has 1 heterocycles. The van der Waals surface area contributed by atoms with Crippen molar-refractivity contribution in [3.8, 4) is 11.5 Å². The molecular formula is C28H27BrN2O3S. The van der Waals surface area contributed by atoms with Crippen LogP contribution in [-0.4, -0.2) is 22.8 Å². The van der Waals surface area contributed by atoms with Crippen molar-refractivity contribution in [1.82, 2.24) is 0 Å². The van der Waals surface area contributed by atoms with E-state index in [0.29, 0.717) is 26.9 Å². The molecule has 7 heteroatoms. The summed E-state index contributed by atoms with van der Waals surface area (Å²) in [7, 11) is 0. The number of aliphatic imine (C=N–C) groups is 1. The van der Waals surface area contributed by atoms with Gasteiger partial charge in [-0.15, -0.1) is 0 Å². The fourth-order valence-corrected chi connectivity index (χ4v) is 5.13. The topological polar surface area (TPSA) is 62.1 Å². The van der Waals surface area contributed by atoms with Crippen molar-refractivity contribution < 1.29 is 14.6 Å². The van der Waals surface area contributed by atoms with Crippen LogP contribution in [0.3, 0.4) is 0 Å². The zero-order chi connectivity index (χ0) is 24.9. The number of nitrogens with zero attached hydrogens (tertiary/aromatic N) is 2. The molecule has 1 saturated heterocycles. The first kappa shape index (κ1) is 25.1. The minimum Gasteiger partial charge on any atom is -0.503 e. The van der Waals surface area contributed by atoms with Crippen LogP contribution < -0.4 is 9.64 Å². The number of anilines is 1. The van der Waals surface area contributed by atoms with Crippen molar-refractivity contribution in [3.05, 3.63) is 86.7 Å². The average molecular weight is 552 g/mol. The van der Waals surface area contributed by atoms with E-state index in [4.69, 9.17) is 9.73 Å². The number of phenolic OH excluding ortho intramolecular Hbond substituents is 1. The zero-order valence-electron chi connectivity index (χ0n) is 19.9. The molecule has 3 aromatic rings. The van der Waals surface area contributed by atoms with E-state index in [-0.39, 0.29) is 11.7 Å². The van der Waals surface area contributed by atoms with Crippen LogP contribution in [0.15, 0.2) is 75.0 Å². The highest BCUT2D eigenvalue weighted by Gasteiger charge is 2.35. The van der Waals surface area contributed by atoms with Crippen molar-refractivity contribution >= 4 is 56.2 Å². The second kappa shape index (κ2) is 11.1. The second-order valence-corrected chi connectivity index (χ2v) is 9.83. The first-order valence-electron chi connectivity index (χ1n) is 11.6. The maximum absolute atomic E-state index is 13.6. The lowest BCUT2D eigenvalue weighted by Gasteiger charge is -2.16. The summed E-state index contributed by atoms with van der Waals surface area (Å²) >= 11 is 4.71. The third-order valence-electron chi connectivity index (χ3n) is 5.63. The first-order valence-corrected chi connectivity index (χ1v) is 13.2. The number of amides is 1. The number of amidine groups is 1. The number of benzene rings is 3. The molecule has 0 unspecified atom stereocenters. The number of rotatable bonds is 7. The zero-order valence-corrected chi connectivity index (χ0v) is 22.3. The molecule has 1 N–H and O–H groups in total. The van der Waals surface area contributed by atoms with Crippen molar-refractivity contribution in [3.63, 3.8) is 0 Å². The molecule has 5 nitrogen and oxygen atoms in total. The predicted octanol–water partition coefficient (Wildman–Crippen LogP) is 7.49. The smallest absolute Gasteiger partial charge is 0.271 e. The number of hydrogen-bond acceptors (Lipinski definition) is 5. The summed E-state index contributed by atoms with van der Waals surface area (Å²) in [5.41, 5.74) is 4.74. The Hall–Kier alpha value is -3.03. The molecule has 0 aliphatic carbocycles. The maximum atomic E-state index is 13.6. The van der Waals surface area contributed by atoms with Gasteiger partial charge in [0, 0.05) is 0 Å². The van der Waals surface area contributed by atoms with E-state index < -0.39 is 0 Å². The summed E-state index contributed by atoms with van der Waals surface area (Å²) in [6.45, 7) is 6.49. The van der Waals surface area contributed by atoms with Gasteiger partial charge in [-0.05, 0) is 107 Å². The number of aryl methyl sites for hydroxylation is 2. The van der Waals surface area contributed by atoms with E-state index >= 15 is 0 Å². The number of carbonyl (C=O) groups excluding carboxylic acids is 1. The van der Waals surface area contributed by atoms with Gasteiger partial charge in [0.1, 0.15) is 0 Å². The Morgan fingerprint density at radius 1 is 1.00 bits per heavy atom. The molecule has 0 radical (unpaired) electrons. The van der Waals surface area contributed by atoms with E-state index in [2.05, 4.69) is 41.9 Å². The fraction of sp³-hybridized carbons (Fsp3) is 0.214. The molecule has 3 aromatic carbocycles. The minimum absolute atomic E-state index is 0.0369. The van der Waals surface area contributed by atoms with Crippen LogP contribution in [0.5, 0.6) is 11.5 Å². The van der Waals surface area contributed by atoms with Gasteiger partial charge in [0.15, 0.2) is 16.7 Å². The number of phenols is 1. The highest BCUT2D eigenvalue weighted by molar-refractivity contribution is 9.10.